The van der Waals surface area contributed by atoms with Gasteiger partial charge in [0.2, 0.25) is 0 Å². The Morgan fingerprint density at radius 2 is 1.86 bits per heavy atom. The normalized spacial score (nSPS) is 11.8. The van der Waals surface area contributed by atoms with Crippen LogP contribution in [-0.4, -0.2) is 15.0 Å². The van der Waals surface area contributed by atoms with Gasteiger partial charge in [-0.3, -0.25) is 4.98 Å². The summed E-state index contributed by atoms with van der Waals surface area (Å²) in [6.07, 6.45) is 3.69. The maximum atomic E-state index is 4.76. The van der Waals surface area contributed by atoms with Crippen LogP contribution in [0.5, 0.6) is 0 Å². The molecule has 2 heterocycles. The molecule has 2 aromatic heterocycles. The SMILES string of the molecule is CC(C)(C)c1nc(Br)cc(-c2cccc3cnccc23)n1. The van der Waals surface area contributed by atoms with E-state index in [1.807, 2.05) is 30.6 Å². The molecule has 0 unspecified atom stereocenters. The van der Waals surface area contributed by atoms with Gasteiger partial charge in [0, 0.05) is 28.8 Å². The third-order valence-corrected chi connectivity index (χ3v) is 3.73. The Kier molecular flexibility index (Phi) is 3.49. The van der Waals surface area contributed by atoms with Crippen LogP contribution in [0.15, 0.2) is 47.3 Å². The van der Waals surface area contributed by atoms with Crippen LogP contribution in [0.2, 0.25) is 0 Å². The van der Waals surface area contributed by atoms with E-state index in [0.29, 0.717) is 0 Å². The van der Waals surface area contributed by atoms with Crippen molar-refractivity contribution in [2.24, 2.45) is 0 Å². The molecule has 4 heteroatoms. The lowest BCUT2D eigenvalue weighted by atomic mass is 9.95. The summed E-state index contributed by atoms with van der Waals surface area (Å²) in [4.78, 5) is 13.4. The fourth-order valence-corrected chi connectivity index (χ4v) is 2.62. The van der Waals surface area contributed by atoms with Gasteiger partial charge >= 0.3 is 0 Å². The molecular formula is C17H16BrN3. The summed E-state index contributed by atoms with van der Waals surface area (Å²) in [5, 5.41) is 2.26. The zero-order chi connectivity index (χ0) is 15.0. The molecule has 0 aliphatic heterocycles. The van der Waals surface area contributed by atoms with Crippen molar-refractivity contribution in [2.75, 3.05) is 0 Å². The second kappa shape index (κ2) is 5.19. The van der Waals surface area contributed by atoms with Crippen LogP contribution >= 0.6 is 15.9 Å². The Hall–Kier alpha value is -1.81. The summed E-state index contributed by atoms with van der Waals surface area (Å²) < 4.78 is 0.809. The van der Waals surface area contributed by atoms with E-state index in [-0.39, 0.29) is 5.41 Å². The lowest BCUT2D eigenvalue weighted by molar-refractivity contribution is 0.544. The number of hydrogen-bond acceptors (Lipinski definition) is 3. The predicted octanol–water partition coefficient (Wildman–Crippen LogP) is 4.75. The number of hydrogen-bond donors (Lipinski definition) is 0. The third kappa shape index (κ3) is 2.81. The minimum atomic E-state index is -0.0926. The molecule has 0 fully saturated rings. The second-order valence-corrected chi connectivity index (χ2v) is 6.86. The quantitative estimate of drug-likeness (QED) is 0.599. The second-order valence-electron chi connectivity index (χ2n) is 6.05. The summed E-state index contributed by atoms with van der Waals surface area (Å²) in [6, 6.07) is 10.2. The topological polar surface area (TPSA) is 38.7 Å². The molecule has 3 aromatic rings. The Bertz CT molecular complexity index is 801. The van der Waals surface area contributed by atoms with E-state index in [9.17, 15) is 0 Å². The molecule has 0 saturated heterocycles. The summed E-state index contributed by atoms with van der Waals surface area (Å²) in [7, 11) is 0. The Labute approximate surface area is 132 Å². The van der Waals surface area contributed by atoms with E-state index in [1.165, 1.54) is 0 Å². The van der Waals surface area contributed by atoms with E-state index in [0.717, 1.165) is 32.5 Å². The van der Waals surface area contributed by atoms with Crippen LogP contribution in [0.25, 0.3) is 22.0 Å². The molecule has 0 bridgehead atoms. The minimum absolute atomic E-state index is 0.0926. The number of fused-ring (bicyclic) bond motifs is 1. The van der Waals surface area contributed by atoms with Gasteiger partial charge in [-0.05, 0) is 33.4 Å². The zero-order valence-electron chi connectivity index (χ0n) is 12.3. The van der Waals surface area contributed by atoms with Crippen LogP contribution in [0.4, 0.5) is 0 Å². The fraction of sp³-hybridized carbons (Fsp3) is 0.235. The summed E-state index contributed by atoms with van der Waals surface area (Å²) in [5.41, 5.74) is 1.94. The molecule has 3 nitrogen and oxygen atoms in total. The Morgan fingerprint density at radius 1 is 1.05 bits per heavy atom. The van der Waals surface area contributed by atoms with Gasteiger partial charge < -0.3 is 0 Å². The van der Waals surface area contributed by atoms with Gasteiger partial charge in [-0.1, -0.05) is 39.0 Å². The van der Waals surface area contributed by atoms with E-state index in [2.05, 4.69) is 58.8 Å². The van der Waals surface area contributed by atoms with Crippen molar-refractivity contribution < 1.29 is 0 Å². The van der Waals surface area contributed by atoms with Crippen molar-refractivity contribution in [3.05, 3.63) is 53.2 Å². The molecule has 106 valence electrons. The number of nitrogens with zero attached hydrogens (tertiary/aromatic N) is 3. The number of rotatable bonds is 1. The standard InChI is InChI=1S/C17H16BrN3/c1-17(2,3)16-20-14(9-15(18)21-16)13-6-4-5-11-10-19-8-7-12(11)13/h4-10H,1-3H3. The number of benzene rings is 1. The molecule has 0 atom stereocenters. The summed E-state index contributed by atoms with van der Waals surface area (Å²) in [6.45, 7) is 6.35. The van der Waals surface area contributed by atoms with E-state index >= 15 is 0 Å². The van der Waals surface area contributed by atoms with Gasteiger partial charge in [0.05, 0.1) is 5.69 Å². The van der Waals surface area contributed by atoms with Crippen molar-refractivity contribution in [1.82, 2.24) is 15.0 Å². The van der Waals surface area contributed by atoms with Gasteiger partial charge in [-0.2, -0.15) is 0 Å². The molecule has 0 amide bonds. The first-order valence-corrected chi connectivity index (χ1v) is 7.62. The number of aromatic nitrogens is 3. The van der Waals surface area contributed by atoms with Crippen molar-refractivity contribution in [3.63, 3.8) is 0 Å². The van der Waals surface area contributed by atoms with E-state index in [4.69, 9.17) is 4.98 Å². The molecule has 0 saturated carbocycles. The first-order chi connectivity index (χ1) is 9.95. The van der Waals surface area contributed by atoms with Gasteiger partial charge in [0.1, 0.15) is 10.4 Å². The predicted molar refractivity (Wildman–Crippen MR) is 89.2 cm³/mol. The lowest BCUT2D eigenvalue weighted by Gasteiger charge is -2.18. The van der Waals surface area contributed by atoms with Crippen LogP contribution in [0.3, 0.4) is 0 Å². The maximum absolute atomic E-state index is 4.76. The highest BCUT2D eigenvalue weighted by Gasteiger charge is 2.19. The molecule has 0 radical (unpaired) electrons. The molecule has 0 aliphatic carbocycles. The highest BCUT2D eigenvalue weighted by Crippen LogP contribution is 2.30. The average molecular weight is 342 g/mol. The highest BCUT2D eigenvalue weighted by atomic mass is 79.9. The number of halogens is 1. The van der Waals surface area contributed by atoms with Crippen LogP contribution in [0, 0.1) is 0 Å². The smallest absolute Gasteiger partial charge is 0.135 e. The largest absolute Gasteiger partial charge is 0.264 e. The maximum Gasteiger partial charge on any atom is 0.135 e. The van der Waals surface area contributed by atoms with E-state index < -0.39 is 0 Å². The lowest BCUT2D eigenvalue weighted by Crippen LogP contribution is -2.16. The van der Waals surface area contributed by atoms with Gasteiger partial charge in [0.15, 0.2) is 0 Å². The fourth-order valence-electron chi connectivity index (χ4n) is 2.24. The molecule has 0 aliphatic rings. The Balaban J connectivity index is 2.26. The van der Waals surface area contributed by atoms with Crippen LogP contribution in [-0.2, 0) is 5.41 Å². The van der Waals surface area contributed by atoms with E-state index in [1.54, 1.807) is 0 Å². The van der Waals surface area contributed by atoms with Crippen LogP contribution in [0.1, 0.15) is 26.6 Å². The molecule has 3 rings (SSSR count). The number of pyridine rings is 1. The zero-order valence-corrected chi connectivity index (χ0v) is 13.8. The highest BCUT2D eigenvalue weighted by molar-refractivity contribution is 9.10. The van der Waals surface area contributed by atoms with Crippen molar-refractivity contribution >= 4 is 26.7 Å². The summed E-state index contributed by atoms with van der Waals surface area (Å²) >= 11 is 3.50. The average Bonchev–Trinajstić information content (AvgIpc) is 2.45. The first-order valence-electron chi connectivity index (χ1n) is 6.83. The van der Waals surface area contributed by atoms with Gasteiger partial charge in [-0.15, -0.1) is 0 Å². The molecule has 0 N–H and O–H groups in total. The van der Waals surface area contributed by atoms with Crippen molar-refractivity contribution in [2.45, 2.75) is 26.2 Å². The summed E-state index contributed by atoms with van der Waals surface area (Å²) in [5.74, 6) is 0.831. The first kappa shape index (κ1) is 14.1. The van der Waals surface area contributed by atoms with Gasteiger partial charge in [0.25, 0.3) is 0 Å². The Morgan fingerprint density at radius 3 is 2.62 bits per heavy atom. The van der Waals surface area contributed by atoms with Crippen molar-refractivity contribution in [3.8, 4) is 11.3 Å². The molecule has 0 spiro atoms. The molecule has 21 heavy (non-hydrogen) atoms. The monoisotopic (exact) mass is 341 g/mol. The van der Waals surface area contributed by atoms with Crippen LogP contribution < -0.4 is 0 Å². The van der Waals surface area contributed by atoms with Crippen molar-refractivity contribution in [1.29, 1.82) is 0 Å². The molecular weight excluding hydrogens is 326 g/mol. The molecule has 1 aromatic carbocycles. The minimum Gasteiger partial charge on any atom is -0.264 e. The third-order valence-electron chi connectivity index (χ3n) is 3.32. The van der Waals surface area contributed by atoms with Gasteiger partial charge in [-0.25, -0.2) is 9.97 Å².